The van der Waals surface area contributed by atoms with Crippen LogP contribution in [-0.2, 0) is 0 Å². The van der Waals surface area contributed by atoms with Crippen molar-refractivity contribution in [3.8, 4) is 0 Å². The van der Waals surface area contributed by atoms with Crippen molar-refractivity contribution in [3.05, 3.63) is 12.2 Å². The van der Waals surface area contributed by atoms with E-state index in [0.717, 1.165) is 12.3 Å². The predicted molar refractivity (Wildman–Crippen MR) is 56.1 cm³/mol. The van der Waals surface area contributed by atoms with Gasteiger partial charge in [0.25, 0.3) is 0 Å². The van der Waals surface area contributed by atoms with Gasteiger partial charge in [-0.1, -0.05) is 34.4 Å². The molecule has 0 aromatic rings. The summed E-state index contributed by atoms with van der Waals surface area (Å²) in [5, 5.41) is 0. The van der Waals surface area contributed by atoms with E-state index in [2.05, 4.69) is 0 Å². The van der Waals surface area contributed by atoms with Gasteiger partial charge in [0.2, 0.25) is 0 Å². The summed E-state index contributed by atoms with van der Waals surface area (Å²) in [6, 6.07) is 0. The molecule has 0 unspecified atom stereocenters. The third-order valence-electron chi connectivity index (χ3n) is 0.511. The molecule has 4 radical (unpaired) electrons. The topological polar surface area (TPSA) is 0 Å². The van der Waals surface area contributed by atoms with Crippen molar-refractivity contribution in [3.63, 3.8) is 0 Å². The van der Waals surface area contributed by atoms with Crippen molar-refractivity contribution in [1.29, 1.82) is 0 Å². The maximum atomic E-state index is 5.33. The summed E-state index contributed by atoms with van der Waals surface area (Å²) < 4.78 is 0. The van der Waals surface area contributed by atoms with Gasteiger partial charge in [-0.05, 0) is 13.3 Å². The number of allylic oxidation sites excluding steroid dienone is 2. The minimum absolute atomic E-state index is 0. The van der Waals surface area contributed by atoms with Crippen LogP contribution in [0, 0.1) is 0 Å². The second kappa shape index (κ2) is 32.9. The van der Waals surface area contributed by atoms with Crippen LogP contribution in [0.3, 0.4) is 0 Å². The molecule has 0 bridgehead atoms. The van der Waals surface area contributed by atoms with Crippen molar-refractivity contribution in [2.45, 2.75) is 35.6 Å². The smallest absolute Gasteiger partial charge is 0.0257 e. The molecule has 0 saturated heterocycles. The zero-order chi connectivity index (χ0) is 4.83. The molecule has 64 valence electrons. The van der Waals surface area contributed by atoms with Crippen LogP contribution in [0.15, 0.2) is 12.2 Å². The fourth-order valence-corrected chi connectivity index (χ4v) is 0.356. The third-order valence-corrected chi connectivity index (χ3v) is 0.730. The van der Waals surface area contributed by atoms with E-state index < -0.39 is 0 Å². The first kappa shape index (κ1) is 30.8. The Morgan fingerprint density at radius 1 is 1.20 bits per heavy atom. The Labute approximate surface area is 89.0 Å². The molecule has 0 rings (SSSR count). The average Bonchev–Trinajstić information content (AvgIpc) is 1.61. The van der Waals surface area contributed by atoms with E-state index in [-0.39, 0.29) is 46.2 Å². The molecular weight excluding hydrogens is 250 g/mol. The maximum absolute atomic E-state index is 5.33. The van der Waals surface area contributed by atoms with Gasteiger partial charge in [0.05, 0.1) is 0 Å². The van der Waals surface area contributed by atoms with Gasteiger partial charge in [-0.15, -0.1) is 11.6 Å². The van der Waals surface area contributed by atoms with Crippen LogP contribution < -0.4 is 0 Å². The summed E-state index contributed by atoms with van der Waals surface area (Å²) >= 11 is 5.33. The van der Waals surface area contributed by atoms with Gasteiger partial charge in [0, 0.05) is 29.8 Å². The molecule has 10 heavy (non-hydrogen) atoms. The van der Waals surface area contributed by atoms with Crippen molar-refractivity contribution >= 4 is 35.5 Å². The van der Waals surface area contributed by atoms with Crippen LogP contribution in [0.2, 0.25) is 0 Å². The van der Waals surface area contributed by atoms with E-state index in [1.165, 1.54) is 0 Å². The summed E-state index contributed by atoms with van der Waals surface area (Å²) in [6.07, 6.45) is 5.05. The molecule has 2 heteroatoms. The Bertz CT molecular complexity index is 44.5. The van der Waals surface area contributed by atoms with Gasteiger partial charge in [-0.25, -0.2) is 0 Å². The third kappa shape index (κ3) is 36.9. The van der Waals surface area contributed by atoms with Crippen LogP contribution >= 0.6 is 11.6 Å². The van der Waals surface area contributed by atoms with E-state index in [1.807, 2.05) is 19.1 Å². The van der Waals surface area contributed by atoms with Gasteiger partial charge in [0.1, 0.15) is 0 Å². The Hall–Kier alpha value is 0.829. The molecule has 0 fully saturated rings. The molecule has 0 aliphatic rings. The quantitative estimate of drug-likeness (QED) is 0.408. The number of hydrogen-bond donors (Lipinski definition) is 0. The Kier molecular flexibility index (Phi) is 101. The first-order valence-corrected chi connectivity index (χ1v) is 2.62. The van der Waals surface area contributed by atoms with Crippen LogP contribution in [0.4, 0.5) is 0 Å². The van der Waals surface area contributed by atoms with Crippen LogP contribution in [-0.4, -0.2) is 29.8 Å². The molecule has 0 aromatic carbocycles. The molecule has 0 heterocycles. The summed E-state index contributed by atoms with van der Waals surface area (Å²) in [5.41, 5.74) is 0. The summed E-state index contributed by atoms with van der Waals surface area (Å²) in [6.45, 7) is 1.99. The van der Waals surface area contributed by atoms with Crippen molar-refractivity contribution in [1.82, 2.24) is 0 Å². The molecule has 0 nitrogen and oxygen atoms in total. The molecular formula is C8H21ClSn. The summed E-state index contributed by atoms with van der Waals surface area (Å²) in [4.78, 5) is 0. The Morgan fingerprint density at radius 3 is 1.70 bits per heavy atom. The molecule has 0 spiro atoms. The van der Waals surface area contributed by atoms with E-state index in [9.17, 15) is 0 Å². The number of alkyl halides is 1. The number of hydrogen-bond acceptors (Lipinski definition) is 0. The molecule has 0 atom stereocenters. The van der Waals surface area contributed by atoms with Gasteiger partial charge in [-0.2, -0.15) is 0 Å². The first-order chi connectivity index (χ1) is 2.91. The van der Waals surface area contributed by atoms with Gasteiger partial charge >= 0.3 is 0 Å². The van der Waals surface area contributed by atoms with Crippen LogP contribution in [0.1, 0.15) is 35.6 Å². The molecule has 0 aliphatic carbocycles. The van der Waals surface area contributed by atoms with Crippen molar-refractivity contribution in [2.24, 2.45) is 0 Å². The maximum Gasteiger partial charge on any atom is 0.0257 e. The molecule has 0 N–H and O–H groups in total. The largest absolute Gasteiger partial charge is 0.126 e. The first-order valence-electron chi connectivity index (χ1n) is 2.09. The summed E-state index contributed by atoms with van der Waals surface area (Å²) in [5.74, 6) is 0.740. The minimum Gasteiger partial charge on any atom is -0.126 e. The normalized spacial score (nSPS) is 6.20. The van der Waals surface area contributed by atoms with E-state index in [4.69, 9.17) is 11.6 Å². The zero-order valence-electron chi connectivity index (χ0n) is 4.45. The predicted octanol–water partition coefficient (Wildman–Crippen LogP) is 3.72. The van der Waals surface area contributed by atoms with Crippen LogP contribution in [0.5, 0.6) is 0 Å². The van der Waals surface area contributed by atoms with E-state index in [0.29, 0.717) is 0 Å². The molecule has 0 aliphatic heterocycles. The van der Waals surface area contributed by atoms with E-state index >= 15 is 0 Å². The SMILES string of the molecule is C.C.C.C/C=C/CCCl.[Sn]. The molecule has 0 saturated carbocycles. The Morgan fingerprint density at radius 2 is 1.60 bits per heavy atom. The second-order valence-corrected chi connectivity index (χ2v) is 1.42. The zero-order valence-corrected chi connectivity index (χ0v) is 8.06. The minimum atomic E-state index is 0. The van der Waals surface area contributed by atoms with E-state index in [1.54, 1.807) is 0 Å². The standard InChI is InChI=1S/C5H9Cl.3CH4.Sn/c1-2-3-4-5-6;;;;/h2-3H,4-5H2,1H3;3*1H4;/b3-2+;;;;. The second-order valence-electron chi connectivity index (χ2n) is 1.05. The van der Waals surface area contributed by atoms with Crippen LogP contribution in [0.25, 0.3) is 0 Å². The number of halogens is 1. The fourth-order valence-electron chi connectivity index (χ4n) is 0.230. The average molecular weight is 271 g/mol. The van der Waals surface area contributed by atoms with Gasteiger partial charge in [0.15, 0.2) is 0 Å². The van der Waals surface area contributed by atoms with Crippen molar-refractivity contribution in [2.75, 3.05) is 5.88 Å². The monoisotopic (exact) mass is 272 g/mol. The van der Waals surface area contributed by atoms with Gasteiger partial charge < -0.3 is 0 Å². The van der Waals surface area contributed by atoms with Crippen molar-refractivity contribution < 1.29 is 0 Å². The Balaban J connectivity index is -0.0000000208. The number of rotatable bonds is 2. The molecule has 0 amide bonds. The fraction of sp³-hybridized carbons (Fsp3) is 0.750. The molecule has 0 aromatic heterocycles. The summed E-state index contributed by atoms with van der Waals surface area (Å²) in [7, 11) is 0. The van der Waals surface area contributed by atoms with Gasteiger partial charge in [-0.3, -0.25) is 0 Å².